The number of para-hydroxylation sites is 1. The van der Waals surface area contributed by atoms with Gasteiger partial charge >= 0.3 is 0 Å². The summed E-state index contributed by atoms with van der Waals surface area (Å²) in [5.41, 5.74) is 4.62. The van der Waals surface area contributed by atoms with Crippen LogP contribution in [0, 0.1) is 6.92 Å². The lowest BCUT2D eigenvalue weighted by Gasteiger charge is -2.14. The molecule has 2 aromatic rings. The number of nitrogens with zero attached hydrogens (tertiary/aromatic N) is 3. The van der Waals surface area contributed by atoms with Crippen LogP contribution in [0.25, 0.3) is 5.69 Å². The Morgan fingerprint density at radius 1 is 1.35 bits per heavy atom. The van der Waals surface area contributed by atoms with Gasteiger partial charge in [-0.15, -0.1) is 0 Å². The summed E-state index contributed by atoms with van der Waals surface area (Å²) in [6, 6.07) is 7.81. The number of carbonyl (C=O) groups excluding carboxylic acids is 2. The molecule has 0 radical (unpaired) electrons. The Morgan fingerprint density at radius 3 is 2.87 bits per heavy atom. The molecule has 0 bridgehead atoms. The average molecular weight is 311 g/mol. The summed E-state index contributed by atoms with van der Waals surface area (Å²) < 4.78 is 1.97. The van der Waals surface area contributed by atoms with Crippen LogP contribution in [-0.4, -0.2) is 27.1 Å². The molecule has 118 valence electrons. The predicted molar refractivity (Wildman–Crippen MR) is 85.0 cm³/mol. The highest BCUT2D eigenvalue weighted by atomic mass is 16.2. The SMILES string of the molecule is Cc1nccn1-c1ccccc1CNC(=O)C1=NNC(=O)CC1. The number of amides is 2. The van der Waals surface area contributed by atoms with E-state index in [2.05, 4.69) is 20.8 Å². The quantitative estimate of drug-likeness (QED) is 0.885. The zero-order valence-electron chi connectivity index (χ0n) is 12.7. The molecule has 0 aliphatic carbocycles. The van der Waals surface area contributed by atoms with Gasteiger partial charge in [-0.25, -0.2) is 10.4 Å². The first-order valence-corrected chi connectivity index (χ1v) is 7.37. The molecule has 23 heavy (non-hydrogen) atoms. The van der Waals surface area contributed by atoms with Crippen LogP contribution in [0.4, 0.5) is 0 Å². The number of aryl methyl sites for hydroxylation is 1. The lowest BCUT2D eigenvalue weighted by Crippen LogP contribution is -2.36. The van der Waals surface area contributed by atoms with Gasteiger partial charge < -0.3 is 9.88 Å². The second-order valence-corrected chi connectivity index (χ2v) is 5.25. The zero-order valence-corrected chi connectivity index (χ0v) is 12.7. The number of rotatable bonds is 4. The van der Waals surface area contributed by atoms with Crippen molar-refractivity contribution in [1.82, 2.24) is 20.3 Å². The normalized spacial score (nSPS) is 14.1. The number of imidazole rings is 1. The van der Waals surface area contributed by atoms with E-state index < -0.39 is 0 Å². The molecule has 1 aromatic heterocycles. The van der Waals surface area contributed by atoms with E-state index in [0.717, 1.165) is 17.1 Å². The van der Waals surface area contributed by atoms with Crippen molar-refractivity contribution in [1.29, 1.82) is 0 Å². The second kappa shape index (κ2) is 6.43. The monoisotopic (exact) mass is 311 g/mol. The van der Waals surface area contributed by atoms with Crippen molar-refractivity contribution in [2.75, 3.05) is 0 Å². The molecule has 0 saturated heterocycles. The van der Waals surface area contributed by atoms with Crippen LogP contribution < -0.4 is 10.7 Å². The summed E-state index contributed by atoms with van der Waals surface area (Å²) in [5, 5.41) is 6.65. The van der Waals surface area contributed by atoms with Crippen molar-refractivity contribution in [2.24, 2.45) is 5.10 Å². The summed E-state index contributed by atoms with van der Waals surface area (Å²) in [5.74, 6) is 0.452. The number of hydrogen-bond donors (Lipinski definition) is 2. The molecule has 1 aliphatic heterocycles. The third-order valence-electron chi connectivity index (χ3n) is 3.68. The van der Waals surface area contributed by atoms with E-state index in [1.807, 2.05) is 42.0 Å². The molecule has 1 aromatic carbocycles. The Morgan fingerprint density at radius 2 is 2.17 bits per heavy atom. The fourth-order valence-corrected chi connectivity index (χ4v) is 2.44. The standard InChI is InChI=1S/C16H17N5O2/c1-11-17-8-9-21(11)14-5-3-2-4-12(14)10-18-16(23)13-6-7-15(22)20-19-13/h2-5,8-9H,6-7,10H2,1H3,(H,18,23)(H,20,22). The molecule has 1 aliphatic rings. The fraction of sp³-hybridized carbons (Fsp3) is 0.250. The summed E-state index contributed by atoms with van der Waals surface area (Å²) in [6.07, 6.45) is 4.28. The molecular weight excluding hydrogens is 294 g/mol. The van der Waals surface area contributed by atoms with Crippen molar-refractivity contribution >= 4 is 17.5 Å². The van der Waals surface area contributed by atoms with Gasteiger partial charge in [0, 0.05) is 31.8 Å². The van der Waals surface area contributed by atoms with Crippen molar-refractivity contribution in [2.45, 2.75) is 26.3 Å². The number of aromatic nitrogens is 2. The van der Waals surface area contributed by atoms with E-state index in [1.54, 1.807) is 6.20 Å². The molecule has 7 nitrogen and oxygen atoms in total. The maximum Gasteiger partial charge on any atom is 0.267 e. The van der Waals surface area contributed by atoms with Gasteiger partial charge in [-0.3, -0.25) is 9.59 Å². The van der Waals surface area contributed by atoms with E-state index >= 15 is 0 Å². The number of benzene rings is 1. The van der Waals surface area contributed by atoms with Gasteiger partial charge in [-0.05, 0) is 18.6 Å². The van der Waals surface area contributed by atoms with E-state index in [4.69, 9.17) is 0 Å². The minimum Gasteiger partial charge on any atom is -0.347 e. The van der Waals surface area contributed by atoms with Crippen LogP contribution in [0.5, 0.6) is 0 Å². The Balaban J connectivity index is 1.73. The van der Waals surface area contributed by atoms with Gasteiger partial charge in [0.1, 0.15) is 11.5 Å². The van der Waals surface area contributed by atoms with Gasteiger partial charge in [-0.2, -0.15) is 5.10 Å². The molecule has 2 amide bonds. The van der Waals surface area contributed by atoms with Crippen LogP contribution >= 0.6 is 0 Å². The van der Waals surface area contributed by atoms with Gasteiger partial charge in [0.05, 0.1) is 5.69 Å². The summed E-state index contributed by atoms with van der Waals surface area (Å²) in [4.78, 5) is 27.4. The highest BCUT2D eigenvalue weighted by Crippen LogP contribution is 2.16. The smallest absolute Gasteiger partial charge is 0.267 e. The topological polar surface area (TPSA) is 88.4 Å². The first-order chi connectivity index (χ1) is 11.1. The lowest BCUT2D eigenvalue weighted by molar-refractivity contribution is -0.121. The Hall–Kier alpha value is -2.96. The number of carbonyl (C=O) groups is 2. The van der Waals surface area contributed by atoms with Crippen molar-refractivity contribution in [3.63, 3.8) is 0 Å². The highest BCUT2D eigenvalue weighted by molar-refractivity contribution is 6.39. The molecule has 3 rings (SSSR count). The average Bonchev–Trinajstić information content (AvgIpc) is 2.99. The van der Waals surface area contributed by atoms with Gasteiger partial charge in [0.2, 0.25) is 5.91 Å². The molecule has 0 spiro atoms. The van der Waals surface area contributed by atoms with Crippen LogP contribution in [0.1, 0.15) is 24.2 Å². The number of hydrazone groups is 1. The molecular formula is C16H17N5O2. The number of nitrogens with one attached hydrogen (secondary N) is 2. The first-order valence-electron chi connectivity index (χ1n) is 7.37. The van der Waals surface area contributed by atoms with E-state index in [0.29, 0.717) is 18.7 Å². The molecule has 0 saturated carbocycles. The summed E-state index contributed by atoms with van der Waals surface area (Å²) in [6.45, 7) is 2.30. The predicted octanol–water partition coefficient (Wildman–Crippen LogP) is 1.06. The molecule has 0 fully saturated rings. The van der Waals surface area contributed by atoms with Crippen molar-refractivity contribution in [3.8, 4) is 5.69 Å². The van der Waals surface area contributed by atoms with Gasteiger partial charge in [-0.1, -0.05) is 18.2 Å². The van der Waals surface area contributed by atoms with Crippen LogP contribution in [0.15, 0.2) is 41.8 Å². The zero-order chi connectivity index (χ0) is 16.2. The maximum absolute atomic E-state index is 12.1. The Labute approximate surface area is 133 Å². The highest BCUT2D eigenvalue weighted by Gasteiger charge is 2.18. The fourth-order valence-electron chi connectivity index (χ4n) is 2.44. The molecule has 0 unspecified atom stereocenters. The summed E-state index contributed by atoms with van der Waals surface area (Å²) >= 11 is 0. The minimum absolute atomic E-state index is 0.164. The number of hydrogen-bond acceptors (Lipinski definition) is 4. The maximum atomic E-state index is 12.1. The Bertz CT molecular complexity index is 778. The van der Waals surface area contributed by atoms with E-state index in [1.165, 1.54) is 0 Å². The molecule has 7 heteroatoms. The first kappa shape index (κ1) is 15.0. The molecule has 2 N–H and O–H groups in total. The van der Waals surface area contributed by atoms with Gasteiger partial charge in [0.15, 0.2) is 0 Å². The van der Waals surface area contributed by atoms with E-state index in [9.17, 15) is 9.59 Å². The van der Waals surface area contributed by atoms with Crippen LogP contribution in [0.2, 0.25) is 0 Å². The Kier molecular flexibility index (Phi) is 4.18. The van der Waals surface area contributed by atoms with Crippen molar-refractivity contribution in [3.05, 3.63) is 48.0 Å². The summed E-state index contributed by atoms with van der Waals surface area (Å²) in [7, 11) is 0. The van der Waals surface area contributed by atoms with Crippen molar-refractivity contribution < 1.29 is 9.59 Å². The third-order valence-corrected chi connectivity index (χ3v) is 3.68. The minimum atomic E-state index is -0.262. The third kappa shape index (κ3) is 3.28. The van der Waals surface area contributed by atoms with Crippen LogP contribution in [-0.2, 0) is 16.1 Å². The molecule has 0 atom stereocenters. The van der Waals surface area contributed by atoms with Gasteiger partial charge in [0.25, 0.3) is 5.91 Å². The molecule has 2 heterocycles. The van der Waals surface area contributed by atoms with E-state index in [-0.39, 0.29) is 18.2 Å². The largest absolute Gasteiger partial charge is 0.347 e. The second-order valence-electron chi connectivity index (χ2n) is 5.25. The van der Waals surface area contributed by atoms with Crippen LogP contribution in [0.3, 0.4) is 0 Å². The lowest BCUT2D eigenvalue weighted by atomic mass is 10.1.